The van der Waals surface area contributed by atoms with Crippen LogP contribution in [0.25, 0.3) is 0 Å². The van der Waals surface area contributed by atoms with Crippen LogP contribution in [0.1, 0.15) is 32.1 Å². The molecule has 4 heteroatoms. The Labute approximate surface area is 96.1 Å². The highest BCUT2D eigenvalue weighted by molar-refractivity contribution is 5.80. The van der Waals surface area contributed by atoms with Crippen molar-refractivity contribution in [1.82, 2.24) is 10.6 Å². The molecular weight excluding hydrogens is 204 g/mol. The van der Waals surface area contributed by atoms with Crippen LogP contribution in [0, 0.1) is 5.92 Å². The summed E-state index contributed by atoms with van der Waals surface area (Å²) in [5, 5.41) is 6.54. The third-order valence-corrected chi connectivity index (χ3v) is 4.16. The maximum atomic E-state index is 12.0. The largest absolute Gasteiger partial charge is 0.376 e. The third kappa shape index (κ3) is 1.96. The molecule has 3 aliphatic heterocycles. The average molecular weight is 224 g/mol. The fraction of sp³-hybridized carbons (Fsp3) is 0.917. The van der Waals surface area contributed by atoms with Crippen molar-refractivity contribution < 1.29 is 9.53 Å². The van der Waals surface area contributed by atoms with Gasteiger partial charge < -0.3 is 15.4 Å². The van der Waals surface area contributed by atoms with Crippen LogP contribution in [0.3, 0.4) is 0 Å². The smallest absolute Gasteiger partial charge is 0.224 e. The molecule has 4 unspecified atom stereocenters. The molecule has 0 aromatic rings. The summed E-state index contributed by atoms with van der Waals surface area (Å²) in [5.41, 5.74) is 0. The quantitative estimate of drug-likeness (QED) is 0.730. The minimum atomic E-state index is 0.208. The van der Waals surface area contributed by atoms with Gasteiger partial charge in [0.05, 0.1) is 12.0 Å². The van der Waals surface area contributed by atoms with E-state index in [2.05, 4.69) is 10.6 Å². The summed E-state index contributed by atoms with van der Waals surface area (Å²) < 4.78 is 5.50. The van der Waals surface area contributed by atoms with Crippen molar-refractivity contribution in [2.45, 2.75) is 50.3 Å². The molecule has 0 radical (unpaired) electrons. The summed E-state index contributed by atoms with van der Waals surface area (Å²) in [6, 6.07) is 1.04. The lowest BCUT2D eigenvalue weighted by molar-refractivity contribution is -0.126. The molecule has 3 saturated heterocycles. The van der Waals surface area contributed by atoms with E-state index in [1.54, 1.807) is 0 Å². The van der Waals surface area contributed by atoms with Crippen molar-refractivity contribution in [3.05, 3.63) is 0 Å². The first-order valence-electron chi connectivity index (χ1n) is 6.48. The number of nitrogens with one attached hydrogen (secondary N) is 2. The Morgan fingerprint density at radius 1 is 1.38 bits per heavy atom. The standard InChI is InChI=1S/C12H20N2O2/c15-12(13-7-9-2-1-5-16-9)10-6-8-3-4-11(10)14-8/h8-11,14H,1-7H2,(H,13,15). The second kappa shape index (κ2) is 4.34. The highest BCUT2D eigenvalue weighted by Gasteiger charge is 2.42. The van der Waals surface area contributed by atoms with E-state index >= 15 is 0 Å². The van der Waals surface area contributed by atoms with Crippen LogP contribution >= 0.6 is 0 Å². The molecule has 1 amide bonds. The SMILES string of the molecule is O=C(NCC1CCCO1)C1CC2CCC1N2. The van der Waals surface area contributed by atoms with E-state index in [9.17, 15) is 4.79 Å². The fourth-order valence-electron chi connectivity index (χ4n) is 3.26. The molecule has 3 fully saturated rings. The van der Waals surface area contributed by atoms with Gasteiger partial charge in [0, 0.05) is 25.2 Å². The van der Waals surface area contributed by atoms with Gasteiger partial charge in [0.25, 0.3) is 0 Å². The van der Waals surface area contributed by atoms with Crippen molar-refractivity contribution in [3.8, 4) is 0 Å². The fourth-order valence-corrected chi connectivity index (χ4v) is 3.26. The van der Waals surface area contributed by atoms with E-state index in [1.165, 1.54) is 12.8 Å². The van der Waals surface area contributed by atoms with E-state index < -0.39 is 0 Å². The lowest BCUT2D eigenvalue weighted by Crippen LogP contribution is -2.40. The van der Waals surface area contributed by atoms with Gasteiger partial charge in [-0.2, -0.15) is 0 Å². The van der Waals surface area contributed by atoms with Gasteiger partial charge in [-0.1, -0.05) is 0 Å². The summed E-state index contributed by atoms with van der Waals surface area (Å²) >= 11 is 0. The summed E-state index contributed by atoms with van der Waals surface area (Å²) in [5.74, 6) is 0.440. The van der Waals surface area contributed by atoms with Gasteiger partial charge in [-0.25, -0.2) is 0 Å². The van der Waals surface area contributed by atoms with Gasteiger partial charge in [-0.15, -0.1) is 0 Å². The van der Waals surface area contributed by atoms with Crippen molar-refractivity contribution >= 4 is 5.91 Å². The zero-order chi connectivity index (χ0) is 11.0. The van der Waals surface area contributed by atoms with Crippen molar-refractivity contribution in [2.24, 2.45) is 5.92 Å². The van der Waals surface area contributed by atoms with E-state index in [0.29, 0.717) is 18.6 Å². The van der Waals surface area contributed by atoms with Crippen molar-refractivity contribution in [2.75, 3.05) is 13.2 Å². The molecule has 0 aromatic heterocycles. The molecule has 16 heavy (non-hydrogen) atoms. The van der Waals surface area contributed by atoms with E-state index in [0.717, 1.165) is 25.9 Å². The first-order chi connectivity index (χ1) is 7.83. The molecule has 0 spiro atoms. The zero-order valence-corrected chi connectivity index (χ0v) is 9.58. The summed E-state index contributed by atoms with van der Waals surface area (Å²) in [7, 11) is 0. The van der Waals surface area contributed by atoms with Crippen LogP contribution in [0.15, 0.2) is 0 Å². The molecule has 2 bridgehead atoms. The van der Waals surface area contributed by atoms with Gasteiger partial charge in [0.15, 0.2) is 0 Å². The minimum Gasteiger partial charge on any atom is -0.376 e. The van der Waals surface area contributed by atoms with Gasteiger partial charge >= 0.3 is 0 Å². The molecule has 4 atom stereocenters. The van der Waals surface area contributed by atoms with E-state index in [1.807, 2.05) is 0 Å². The third-order valence-electron chi connectivity index (χ3n) is 4.16. The Morgan fingerprint density at radius 3 is 2.94 bits per heavy atom. The summed E-state index contributed by atoms with van der Waals surface area (Å²) in [4.78, 5) is 12.0. The molecule has 0 saturated carbocycles. The van der Waals surface area contributed by atoms with Gasteiger partial charge in [-0.3, -0.25) is 4.79 Å². The normalized spacial score (nSPS) is 41.5. The number of carbonyl (C=O) groups is 1. The average Bonchev–Trinajstić information content (AvgIpc) is 3.01. The second-order valence-electron chi connectivity index (χ2n) is 5.27. The van der Waals surface area contributed by atoms with Crippen LogP contribution in [-0.4, -0.2) is 37.2 Å². The highest BCUT2D eigenvalue weighted by Crippen LogP contribution is 2.33. The maximum absolute atomic E-state index is 12.0. The van der Waals surface area contributed by atoms with E-state index in [4.69, 9.17) is 4.74 Å². The second-order valence-corrected chi connectivity index (χ2v) is 5.27. The predicted octanol–water partition coefficient (Wildman–Crippen LogP) is 0.422. The molecule has 4 nitrogen and oxygen atoms in total. The number of amides is 1. The van der Waals surface area contributed by atoms with Crippen molar-refractivity contribution in [1.29, 1.82) is 0 Å². The molecule has 2 N–H and O–H groups in total. The van der Waals surface area contributed by atoms with E-state index in [-0.39, 0.29) is 17.9 Å². The Hall–Kier alpha value is -0.610. The molecular formula is C12H20N2O2. The first kappa shape index (κ1) is 10.5. The van der Waals surface area contributed by atoms with Crippen LogP contribution in [0.5, 0.6) is 0 Å². The van der Waals surface area contributed by atoms with Crippen LogP contribution in [-0.2, 0) is 9.53 Å². The minimum absolute atomic E-state index is 0.208. The maximum Gasteiger partial charge on any atom is 0.224 e. The van der Waals surface area contributed by atoms with Crippen molar-refractivity contribution in [3.63, 3.8) is 0 Å². The Kier molecular flexibility index (Phi) is 2.86. The highest BCUT2D eigenvalue weighted by atomic mass is 16.5. The Bertz CT molecular complexity index is 276. The van der Waals surface area contributed by atoms with Gasteiger partial charge in [0.2, 0.25) is 5.91 Å². The van der Waals surface area contributed by atoms with Crippen LogP contribution in [0.4, 0.5) is 0 Å². The molecule has 90 valence electrons. The number of carbonyl (C=O) groups excluding carboxylic acids is 1. The lowest BCUT2D eigenvalue weighted by atomic mass is 9.88. The van der Waals surface area contributed by atoms with Crippen LogP contribution in [0.2, 0.25) is 0 Å². The first-order valence-corrected chi connectivity index (χ1v) is 6.48. The molecule has 3 rings (SSSR count). The number of rotatable bonds is 3. The zero-order valence-electron chi connectivity index (χ0n) is 9.58. The van der Waals surface area contributed by atoms with Crippen LogP contribution < -0.4 is 10.6 Å². The summed E-state index contributed by atoms with van der Waals surface area (Å²) in [6.45, 7) is 1.56. The van der Waals surface area contributed by atoms with Gasteiger partial charge in [-0.05, 0) is 32.1 Å². The topological polar surface area (TPSA) is 50.4 Å². The Morgan fingerprint density at radius 2 is 2.31 bits per heavy atom. The number of ether oxygens (including phenoxy) is 1. The molecule has 0 aliphatic carbocycles. The number of hydrogen-bond acceptors (Lipinski definition) is 3. The molecule has 0 aromatic carbocycles. The Balaban J connectivity index is 1.46. The van der Waals surface area contributed by atoms with Gasteiger partial charge in [0.1, 0.15) is 0 Å². The monoisotopic (exact) mass is 224 g/mol. The molecule has 3 heterocycles. The summed E-state index contributed by atoms with van der Waals surface area (Å²) in [6.07, 6.45) is 5.94. The number of fused-ring (bicyclic) bond motifs is 2. The molecule has 3 aliphatic rings. The lowest BCUT2D eigenvalue weighted by Gasteiger charge is -2.20. The predicted molar refractivity (Wildman–Crippen MR) is 60.0 cm³/mol. The number of hydrogen-bond donors (Lipinski definition) is 2.